The number of fused-ring (bicyclic) bond motifs is 1. The van der Waals surface area contributed by atoms with Crippen LogP contribution in [0.3, 0.4) is 0 Å². The van der Waals surface area contributed by atoms with E-state index in [1.165, 1.54) is 11.8 Å². The molecule has 2 aromatic heterocycles. The highest BCUT2D eigenvalue weighted by molar-refractivity contribution is 7.98. The number of ether oxygens (including phenoxy) is 1. The number of anilines is 3. The van der Waals surface area contributed by atoms with E-state index in [0.717, 1.165) is 11.3 Å². The Morgan fingerprint density at radius 1 is 0.972 bits per heavy atom. The quantitative estimate of drug-likeness (QED) is 0.247. The number of aromatic nitrogens is 5. The summed E-state index contributed by atoms with van der Waals surface area (Å²) in [5.74, 6) is 1.87. The molecule has 0 bridgehead atoms. The van der Waals surface area contributed by atoms with Gasteiger partial charge in [0.05, 0.1) is 29.5 Å². The van der Waals surface area contributed by atoms with E-state index < -0.39 is 0 Å². The average molecular weight is 498 g/mol. The Balaban J connectivity index is 1.50. The first-order chi connectivity index (χ1) is 17.5. The fraction of sp³-hybridized carbons (Fsp3) is 0.115. The van der Waals surface area contributed by atoms with E-state index in [4.69, 9.17) is 15.5 Å². The maximum Gasteiger partial charge on any atom is 0.266 e. The molecule has 3 N–H and O–H groups in total. The van der Waals surface area contributed by atoms with Crippen LogP contribution in [0, 0.1) is 6.92 Å². The highest BCUT2D eigenvalue weighted by atomic mass is 32.2. The molecule has 180 valence electrons. The number of thioether (sulfide) groups is 1. The van der Waals surface area contributed by atoms with Gasteiger partial charge in [-0.25, -0.2) is 4.98 Å². The van der Waals surface area contributed by atoms with Crippen LogP contribution in [0.4, 0.5) is 17.6 Å². The van der Waals surface area contributed by atoms with Gasteiger partial charge in [-0.1, -0.05) is 47.7 Å². The van der Waals surface area contributed by atoms with Gasteiger partial charge in [0.2, 0.25) is 11.9 Å². The molecule has 9 nitrogen and oxygen atoms in total. The number of nitrogens with zero attached hydrogens (tertiary/aromatic N) is 5. The van der Waals surface area contributed by atoms with Gasteiger partial charge in [0, 0.05) is 11.8 Å². The fourth-order valence-corrected chi connectivity index (χ4v) is 4.51. The normalized spacial score (nSPS) is 10.9. The summed E-state index contributed by atoms with van der Waals surface area (Å²) in [5, 5.41) is 4.18. The van der Waals surface area contributed by atoms with Crippen molar-refractivity contribution in [1.82, 2.24) is 24.5 Å². The third kappa shape index (κ3) is 4.98. The molecule has 0 spiro atoms. The lowest BCUT2D eigenvalue weighted by Gasteiger charge is -2.14. The first kappa shape index (κ1) is 23.3. The molecule has 5 rings (SSSR count). The molecule has 0 atom stereocenters. The Kier molecular flexibility index (Phi) is 6.50. The van der Waals surface area contributed by atoms with E-state index in [-0.39, 0.29) is 11.5 Å². The van der Waals surface area contributed by atoms with Crippen LogP contribution in [-0.4, -0.2) is 31.6 Å². The maximum atomic E-state index is 13.5. The highest BCUT2D eigenvalue weighted by Gasteiger charge is 2.15. The van der Waals surface area contributed by atoms with E-state index in [1.807, 2.05) is 67.6 Å². The number of hydrogen-bond acceptors (Lipinski definition) is 9. The monoisotopic (exact) mass is 497 g/mol. The van der Waals surface area contributed by atoms with Gasteiger partial charge in [-0.05, 0) is 43.3 Å². The van der Waals surface area contributed by atoms with Crippen molar-refractivity contribution >= 4 is 40.2 Å². The predicted molar refractivity (Wildman–Crippen MR) is 142 cm³/mol. The number of nitrogens with two attached hydrogens (primary N) is 1. The lowest BCUT2D eigenvalue weighted by molar-refractivity contribution is 0.414. The van der Waals surface area contributed by atoms with Crippen molar-refractivity contribution in [1.29, 1.82) is 0 Å². The number of nitrogens with one attached hydrogen (secondary N) is 1. The first-order valence-corrected chi connectivity index (χ1v) is 12.1. The van der Waals surface area contributed by atoms with E-state index in [2.05, 4.69) is 20.3 Å². The van der Waals surface area contributed by atoms with Crippen LogP contribution in [0.15, 0.2) is 82.7 Å². The van der Waals surface area contributed by atoms with E-state index in [1.54, 1.807) is 23.8 Å². The van der Waals surface area contributed by atoms with Crippen LogP contribution in [0.5, 0.6) is 5.75 Å². The molecule has 0 aliphatic heterocycles. The highest BCUT2D eigenvalue weighted by Crippen LogP contribution is 2.26. The molecule has 0 unspecified atom stereocenters. The van der Waals surface area contributed by atoms with Gasteiger partial charge >= 0.3 is 0 Å². The third-order valence-corrected chi connectivity index (χ3v) is 6.33. The van der Waals surface area contributed by atoms with Crippen molar-refractivity contribution in [2.75, 3.05) is 18.2 Å². The van der Waals surface area contributed by atoms with Crippen molar-refractivity contribution in [3.63, 3.8) is 0 Å². The summed E-state index contributed by atoms with van der Waals surface area (Å²) in [6.07, 6.45) is 0. The lowest BCUT2D eigenvalue weighted by Crippen LogP contribution is -2.21. The van der Waals surface area contributed by atoms with Crippen molar-refractivity contribution in [3.05, 3.63) is 94.5 Å². The Labute approximate surface area is 211 Å². The van der Waals surface area contributed by atoms with Gasteiger partial charge in [-0.2, -0.15) is 15.0 Å². The minimum atomic E-state index is -0.173. The average Bonchev–Trinajstić information content (AvgIpc) is 2.88. The largest absolute Gasteiger partial charge is 0.497 e. The number of para-hydroxylation sites is 1. The second-order valence-corrected chi connectivity index (χ2v) is 8.91. The zero-order chi connectivity index (χ0) is 25.1. The molecule has 0 radical (unpaired) electrons. The first-order valence-electron chi connectivity index (χ1n) is 11.1. The zero-order valence-electron chi connectivity index (χ0n) is 19.7. The van der Waals surface area contributed by atoms with Crippen molar-refractivity contribution in [2.24, 2.45) is 0 Å². The maximum absolute atomic E-state index is 13.5. The van der Waals surface area contributed by atoms with Crippen LogP contribution in [-0.2, 0) is 5.75 Å². The molecule has 0 saturated heterocycles. The zero-order valence-corrected chi connectivity index (χ0v) is 20.5. The van der Waals surface area contributed by atoms with Gasteiger partial charge in [0.15, 0.2) is 5.16 Å². The third-order valence-electron chi connectivity index (χ3n) is 5.39. The number of rotatable bonds is 7. The lowest BCUT2D eigenvalue weighted by atomic mass is 10.2. The minimum absolute atomic E-state index is 0.104. The van der Waals surface area contributed by atoms with Crippen LogP contribution in [0.1, 0.15) is 11.4 Å². The summed E-state index contributed by atoms with van der Waals surface area (Å²) in [6.45, 7) is 2.02. The fourth-order valence-electron chi connectivity index (χ4n) is 3.64. The molecule has 2 heterocycles. The molecular formula is C26H23N7O2S. The molecule has 0 aliphatic carbocycles. The van der Waals surface area contributed by atoms with Gasteiger partial charge in [-0.15, -0.1) is 0 Å². The summed E-state index contributed by atoms with van der Waals surface area (Å²) in [5.41, 5.74) is 9.04. The standard InChI is InChI=1S/C26H23N7O2S/c1-16-10-12-17(13-11-16)28-25-31-22(30-24(27)32-25)15-36-26-29-21-9-4-3-8-20(21)23(34)33(26)18-6-5-7-19(14-18)35-2/h3-14H,15H2,1-2H3,(H3,27,28,30,31,32). The van der Waals surface area contributed by atoms with Gasteiger partial charge in [0.25, 0.3) is 5.56 Å². The van der Waals surface area contributed by atoms with Crippen molar-refractivity contribution < 1.29 is 4.74 Å². The SMILES string of the molecule is COc1cccc(-n2c(SCc3nc(N)nc(Nc4ccc(C)cc4)n3)nc3ccccc3c2=O)c1. The summed E-state index contributed by atoms with van der Waals surface area (Å²) in [4.78, 5) is 31.3. The molecule has 5 aromatic rings. The molecule has 0 saturated carbocycles. The Morgan fingerprint density at radius 3 is 2.58 bits per heavy atom. The summed E-state index contributed by atoms with van der Waals surface area (Å²) >= 11 is 1.34. The summed E-state index contributed by atoms with van der Waals surface area (Å²) in [6, 6.07) is 22.4. The molecule has 36 heavy (non-hydrogen) atoms. The summed E-state index contributed by atoms with van der Waals surface area (Å²) in [7, 11) is 1.59. The van der Waals surface area contributed by atoms with Crippen LogP contribution < -0.4 is 21.3 Å². The molecule has 0 fully saturated rings. The number of aryl methyl sites for hydroxylation is 1. The molecule has 3 aromatic carbocycles. The van der Waals surface area contributed by atoms with Gasteiger partial charge in [0.1, 0.15) is 11.6 Å². The number of nitrogen functional groups attached to an aromatic ring is 1. The molecule has 0 amide bonds. The smallest absolute Gasteiger partial charge is 0.266 e. The number of benzene rings is 3. The van der Waals surface area contributed by atoms with Crippen molar-refractivity contribution in [2.45, 2.75) is 17.8 Å². The molecular weight excluding hydrogens is 474 g/mol. The van der Waals surface area contributed by atoms with E-state index in [0.29, 0.717) is 45.0 Å². The molecule has 10 heteroatoms. The second kappa shape index (κ2) is 10.0. The van der Waals surface area contributed by atoms with Gasteiger partial charge < -0.3 is 15.8 Å². The number of methoxy groups -OCH3 is 1. The van der Waals surface area contributed by atoms with E-state index >= 15 is 0 Å². The summed E-state index contributed by atoms with van der Waals surface area (Å²) < 4.78 is 6.94. The Morgan fingerprint density at radius 2 is 1.78 bits per heavy atom. The van der Waals surface area contributed by atoms with Crippen molar-refractivity contribution in [3.8, 4) is 11.4 Å². The van der Waals surface area contributed by atoms with Crippen LogP contribution in [0.2, 0.25) is 0 Å². The van der Waals surface area contributed by atoms with E-state index in [9.17, 15) is 4.79 Å². The minimum Gasteiger partial charge on any atom is -0.497 e. The molecule has 0 aliphatic rings. The van der Waals surface area contributed by atoms with Crippen LogP contribution in [0.25, 0.3) is 16.6 Å². The topological polar surface area (TPSA) is 121 Å². The Hall–Kier alpha value is -4.44. The second-order valence-electron chi connectivity index (χ2n) is 7.97. The predicted octanol–water partition coefficient (Wildman–Crippen LogP) is 4.51. The van der Waals surface area contributed by atoms with Crippen LogP contribution >= 0.6 is 11.8 Å². The number of hydrogen-bond donors (Lipinski definition) is 2. The van der Waals surface area contributed by atoms with Gasteiger partial charge in [-0.3, -0.25) is 9.36 Å². The Bertz CT molecular complexity index is 1600.